The monoisotopic (exact) mass is 470 g/mol. The number of amides is 1. The molecule has 1 amide bonds. The van der Waals surface area contributed by atoms with E-state index in [4.69, 9.17) is 9.47 Å². The van der Waals surface area contributed by atoms with Crippen LogP contribution in [0, 0.1) is 12.7 Å². The number of nitrogens with zero attached hydrogens (tertiary/aromatic N) is 1. The van der Waals surface area contributed by atoms with Gasteiger partial charge in [0.25, 0.3) is 10.0 Å². The van der Waals surface area contributed by atoms with Gasteiger partial charge in [0.05, 0.1) is 10.6 Å². The van der Waals surface area contributed by atoms with Crippen molar-refractivity contribution in [1.82, 2.24) is 5.32 Å². The molecule has 9 heteroatoms. The summed E-state index contributed by atoms with van der Waals surface area (Å²) in [6.07, 6.45) is 0. The second-order valence-electron chi connectivity index (χ2n) is 7.56. The van der Waals surface area contributed by atoms with Crippen LogP contribution >= 0.6 is 0 Å². The Bertz CT molecular complexity index is 1240. The summed E-state index contributed by atoms with van der Waals surface area (Å²) < 4.78 is 52.3. The summed E-state index contributed by atoms with van der Waals surface area (Å²) >= 11 is 0. The predicted molar refractivity (Wildman–Crippen MR) is 121 cm³/mol. The molecule has 1 aliphatic heterocycles. The van der Waals surface area contributed by atoms with Crippen molar-refractivity contribution in [1.29, 1.82) is 0 Å². The summed E-state index contributed by atoms with van der Waals surface area (Å²) in [7, 11) is -4.10. The highest BCUT2D eigenvalue weighted by molar-refractivity contribution is 7.92. The van der Waals surface area contributed by atoms with Gasteiger partial charge in [-0.25, -0.2) is 12.8 Å². The lowest BCUT2D eigenvalue weighted by Crippen LogP contribution is -2.40. The Morgan fingerprint density at radius 1 is 0.970 bits per heavy atom. The zero-order valence-corrected chi connectivity index (χ0v) is 18.8. The van der Waals surface area contributed by atoms with Crippen molar-refractivity contribution in [3.8, 4) is 11.5 Å². The summed E-state index contributed by atoms with van der Waals surface area (Å²) in [6, 6.07) is 16.9. The molecule has 1 N–H and O–H groups in total. The van der Waals surface area contributed by atoms with Gasteiger partial charge in [-0.05, 0) is 48.9 Å². The smallest absolute Gasteiger partial charge is 0.264 e. The van der Waals surface area contributed by atoms with Crippen LogP contribution in [0.25, 0.3) is 0 Å². The van der Waals surface area contributed by atoms with Crippen LogP contribution in [0.15, 0.2) is 71.6 Å². The molecule has 3 aromatic rings. The molecule has 4 rings (SSSR count). The van der Waals surface area contributed by atoms with Gasteiger partial charge in [-0.1, -0.05) is 29.8 Å². The quantitative estimate of drug-likeness (QED) is 0.572. The highest BCUT2D eigenvalue weighted by atomic mass is 32.2. The second-order valence-corrected chi connectivity index (χ2v) is 9.42. The van der Waals surface area contributed by atoms with Crippen LogP contribution < -0.4 is 19.1 Å². The van der Waals surface area contributed by atoms with Crippen LogP contribution in [-0.4, -0.2) is 34.1 Å². The van der Waals surface area contributed by atoms with E-state index in [0.717, 1.165) is 9.87 Å². The molecular weight excluding hydrogens is 447 g/mol. The van der Waals surface area contributed by atoms with E-state index >= 15 is 0 Å². The fourth-order valence-corrected chi connectivity index (χ4v) is 4.76. The van der Waals surface area contributed by atoms with Gasteiger partial charge in [0.2, 0.25) is 5.91 Å². The number of sulfonamides is 1. The predicted octanol–water partition coefficient (Wildman–Crippen LogP) is 3.42. The number of rotatable bonds is 7. The summed E-state index contributed by atoms with van der Waals surface area (Å²) in [6.45, 7) is 2.32. The number of benzene rings is 3. The van der Waals surface area contributed by atoms with Gasteiger partial charge in [0.1, 0.15) is 25.6 Å². The molecule has 0 radical (unpaired) electrons. The van der Waals surface area contributed by atoms with Crippen molar-refractivity contribution in [2.45, 2.75) is 18.4 Å². The van der Waals surface area contributed by atoms with E-state index in [9.17, 15) is 17.6 Å². The Morgan fingerprint density at radius 3 is 2.33 bits per heavy atom. The van der Waals surface area contributed by atoms with Gasteiger partial charge in [0, 0.05) is 12.6 Å². The first-order valence-electron chi connectivity index (χ1n) is 10.3. The number of fused-ring (bicyclic) bond motifs is 1. The molecule has 33 heavy (non-hydrogen) atoms. The Labute approximate surface area is 191 Å². The minimum absolute atomic E-state index is 0.0151. The molecule has 0 unspecified atom stereocenters. The van der Waals surface area contributed by atoms with Crippen molar-refractivity contribution < 1.29 is 27.1 Å². The largest absolute Gasteiger partial charge is 0.486 e. The molecule has 0 saturated carbocycles. The van der Waals surface area contributed by atoms with Gasteiger partial charge in [-0.3, -0.25) is 9.10 Å². The highest BCUT2D eigenvalue weighted by Gasteiger charge is 2.29. The Kier molecular flexibility index (Phi) is 6.50. The maximum Gasteiger partial charge on any atom is 0.264 e. The molecule has 0 aromatic heterocycles. The van der Waals surface area contributed by atoms with E-state index in [1.54, 1.807) is 42.5 Å². The van der Waals surface area contributed by atoms with Gasteiger partial charge >= 0.3 is 0 Å². The standard InChI is InChI=1S/C24H23FN2O5S/c1-17-2-8-20(9-3-17)27(16-24(28)26-15-18-4-6-19(25)7-5-18)33(29,30)21-10-11-22-23(14-21)32-13-12-31-22/h2-11,14H,12-13,15-16H2,1H3,(H,26,28). The van der Waals surface area contributed by atoms with E-state index in [0.29, 0.717) is 36.0 Å². The Balaban J connectivity index is 1.59. The van der Waals surface area contributed by atoms with Crippen molar-refractivity contribution in [2.24, 2.45) is 0 Å². The zero-order chi connectivity index (χ0) is 23.4. The van der Waals surface area contributed by atoms with E-state index in [1.807, 2.05) is 6.92 Å². The Morgan fingerprint density at radius 2 is 1.64 bits per heavy atom. The maximum absolute atomic E-state index is 13.6. The summed E-state index contributed by atoms with van der Waals surface area (Å²) in [5.41, 5.74) is 2.00. The summed E-state index contributed by atoms with van der Waals surface area (Å²) in [4.78, 5) is 12.7. The summed E-state index contributed by atoms with van der Waals surface area (Å²) in [5.74, 6) is -0.0618. The van der Waals surface area contributed by atoms with E-state index in [-0.39, 0.29) is 17.3 Å². The lowest BCUT2D eigenvalue weighted by molar-refractivity contribution is -0.119. The third-order valence-corrected chi connectivity index (χ3v) is 6.88. The maximum atomic E-state index is 13.6. The number of carbonyl (C=O) groups excluding carboxylic acids is 1. The number of ether oxygens (including phenoxy) is 2. The van der Waals surface area contributed by atoms with E-state index in [2.05, 4.69) is 5.32 Å². The number of aryl methyl sites for hydroxylation is 1. The first-order chi connectivity index (χ1) is 15.8. The van der Waals surface area contributed by atoms with E-state index < -0.39 is 22.5 Å². The third-order valence-electron chi connectivity index (χ3n) is 5.11. The van der Waals surface area contributed by atoms with Crippen LogP contribution in [0.3, 0.4) is 0 Å². The highest BCUT2D eigenvalue weighted by Crippen LogP contribution is 2.34. The molecule has 3 aromatic carbocycles. The zero-order valence-electron chi connectivity index (χ0n) is 18.0. The number of carbonyl (C=O) groups is 1. The van der Waals surface area contributed by atoms with Crippen molar-refractivity contribution in [3.63, 3.8) is 0 Å². The van der Waals surface area contributed by atoms with Crippen LogP contribution in [0.1, 0.15) is 11.1 Å². The van der Waals surface area contributed by atoms with Gasteiger partial charge in [-0.15, -0.1) is 0 Å². The van der Waals surface area contributed by atoms with Crippen LogP contribution in [0.2, 0.25) is 0 Å². The molecule has 0 bridgehead atoms. The molecule has 0 aliphatic carbocycles. The van der Waals surface area contributed by atoms with Gasteiger partial charge in [-0.2, -0.15) is 0 Å². The number of nitrogens with one attached hydrogen (secondary N) is 1. The summed E-state index contributed by atoms with van der Waals surface area (Å²) in [5, 5.41) is 2.69. The SMILES string of the molecule is Cc1ccc(N(CC(=O)NCc2ccc(F)cc2)S(=O)(=O)c2ccc3c(c2)OCCO3)cc1. The van der Waals surface area contributed by atoms with Gasteiger partial charge in [0.15, 0.2) is 11.5 Å². The van der Waals surface area contributed by atoms with Crippen LogP contribution in [-0.2, 0) is 21.4 Å². The first kappa shape index (κ1) is 22.6. The first-order valence-corrected chi connectivity index (χ1v) is 11.8. The molecular formula is C24H23FN2O5S. The topological polar surface area (TPSA) is 84.9 Å². The molecule has 0 spiro atoms. The number of anilines is 1. The fourth-order valence-electron chi connectivity index (χ4n) is 3.33. The fraction of sp³-hybridized carbons (Fsp3) is 0.208. The molecule has 0 saturated heterocycles. The van der Waals surface area contributed by atoms with Crippen molar-refractivity contribution in [3.05, 3.63) is 83.7 Å². The minimum atomic E-state index is -4.10. The second kappa shape index (κ2) is 9.50. The van der Waals surface area contributed by atoms with Crippen LogP contribution in [0.5, 0.6) is 11.5 Å². The molecule has 1 heterocycles. The average molecular weight is 471 g/mol. The normalized spacial score (nSPS) is 12.8. The van der Waals surface area contributed by atoms with Crippen LogP contribution in [0.4, 0.5) is 10.1 Å². The molecule has 172 valence electrons. The van der Waals surface area contributed by atoms with Gasteiger partial charge < -0.3 is 14.8 Å². The number of halogens is 1. The Hall–Kier alpha value is -3.59. The number of hydrogen-bond acceptors (Lipinski definition) is 5. The minimum Gasteiger partial charge on any atom is -0.486 e. The third kappa shape index (κ3) is 5.25. The lowest BCUT2D eigenvalue weighted by atomic mass is 10.2. The average Bonchev–Trinajstić information content (AvgIpc) is 2.82. The lowest BCUT2D eigenvalue weighted by Gasteiger charge is -2.25. The molecule has 0 fully saturated rings. The molecule has 0 atom stereocenters. The molecule has 1 aliphatic rings. The number of hydrogen-bond donors (Lipinski definition) is 1. The van der Waals surface area contributed by atoms with E-state index in [1.165, 1.54) is 24.3 Å². The van der Waals surface area contributed by atoms with Crippen molar-refractivity contribution in [2.75, 3.05) is 24.1 Å². The molecule has 7 nitrogen and oxygen atoms in total. The van der Waals surface area contributed by atoms with Crippen molar-refractivity contribution >= 4 is 21.6 Å².